The number of amides is 2. The van der Waals surface area contributed by atoms with E-state index < -0.39 is 11.7 Å². The van der Waals surface area contributed by atoms with Crippen LogP contribution >= 0.6 is 27.7 Å². The van der Waals surface area contributed by atoms with E-state index in [9.17, 15) is 19.2 Å². The van der Waals surface area contributed by atoms with E-state index in [-0.39, 0.29) is 29.7 Å². The standard InChI is InChI=1S/C20H15BrFN3O2S/c21-13-5-3-4-12(8-13)14-9-18(26)25-20(15(14)10-23)28-11-19(27)24-17-7-2-1-6-16(17)22/h1-8,14H,9,11H2,(H,24,27)(H,25,26)/t14-/m1/s1. The number of carbonyl (C=O) groups is 2. The van der Waals surface area contributed by atoms with Gasteiger partial charge in [-0.2, -0.15) is 5.26 Å². The molecule has 142 valence electrons. The topological polar surface area (TPSA) is 82.0 Å². The molecule has 0 fully saturated rings. The summed E-state index contributed by atoms with van der Waals surface area (Å²) in [6.45, 7) is 0. The Hall–Kier alpha value is -2.63. The number of anilines is 1. The molecule has 3 rings (SSSR count). The van der Waals surface area contributed by atoms with Gasteiger partial charge in [0.05, 0.1) is 28.1 Å². The largest absolute Gasteiger partial charge is 0.323 e. The van der Waals surface area contributed by atoms with Gasteiger partial charge in [-0.15, -0.1) is 0 Å². The number of carbonyl (C=O) groups excluding carboxylic acids is 2. The number of nitrogens with zero attached hydrogens (tertiary/aromatic N) is 1. The zero-order chi connectivity index (χ0) is 20.1. The fourth-order valence-electron chi connectivity index (χ4n) is 2.83. The summed E-state index contributed by atoms with van der Waals surface area (Å²) < 4.78 is 14.5. The maximum absolute atomic E-state index is 13.6. The second kappa shape index (κ2) is 9.04. The second-order valence-electron chi connectivity index (χ2n) is 6.03. The molecule has 5 nitrogen and oxygen atoms in total. The number of halogens is 2. The summed E-state index contributed by atoms with van der Waals surface area (Å²) in [6, 6.07) is 15.5. The summed E-state index contributed by atoms with van der Waals surface area (Å²) in [4.78, 5) is 24.3. The van der Waals surface area contributed by atoms with E-state index in [1.165, 1.54) is 18.2 Å². The van der Waals surface area contributed by atoms with Crippen molar-refractivity contribution in [2.24, 2.45) is 0 Å². The Balaban J connectivity index is 1.77. The van der Waals surface area contributed by atoms with E-state index in [1.807, 2.05) is 24.3 Å². The third kappa shape index (κ3) is 4.80. The molecule has 2 N–H and O–H groups in total. The van der Waals surface area contributed by atoms with Crippen molar-refractivity contribution in [3.8, 4) is 6.07 Å². The van der Waals surface area contributed by atoms with Gasteiger partial charge in [0, 0.05) is 16.8 Å². The first-order valence-electron chi connectivity index (χ1n) is 8.34. The van der Waals surface area contributed by atoms with Crippen LogP contribution in [-0.2, 0) is 9.59 Å². The first-order valence-corrected chi connectivity index (χ1v) is 10.1. The number of rotatable bonds is 5. The van der Waals surface area contributed by atoms with Gasteiger partial charge in [-0.1, -0.05) is 52.0 Å². The quantitative estimate of drug-likeness (QED) is 0.698. The first kappa shape index (κ1) is 20.1. The van der Waals surface area contributed by atoms with Crippen molar-refractivity contribution in [3.05, 3.63) is 75.0 Å². The van der Waals surface area contributed by atoms with Crippen LogP contribution < -0.4 is 10.6 Å². The molecule has 1 aliphatic heterocycles. The van der Waals surface area contributed by atoms with Gasteiger partial charge in [-0.25, -0.2) is 4.39 Å². The van der Waals surface area contributed by atoms with Crippen molar-refractivity contribution < 1.29 is 14.0 Å². The van der Waals surface area contributed by atoms with E-state index in [1.54, 1.807) is 6.07 Å². The molecule has 2 aromatic rings. The van der Waals surface area contributed by atoms with Crippen LogP contribution in [0.4, 0.5) is 10.1 Å². The third-order valence-electron chi connectivity index (χ3n) is 4.10. The lowest BCUT2D eigenvalue weighted by Gasteiger charge is -2.25. The van der Waals surface area contributed by atoms with Gasteiger partial charge in [0.25, 0.3) is 0 Å². The van der Waals surface area contributed by atoms with E-state index in [2.05, 4.69) is 32.6 Å². The molecule has 8 heteroatoms. The van der Waals surface area contributed by atoms with Crippen LogP contribution in [0.2, 0.25) is 0 Å². The van der Waals surface area contributed by atoms with E-state index in [0.717, 1.165) is 21.8 Å². The number of hydrogen-bond acceptors (Lipinski definition) is 4. The highest BCUT2D eigenvalue weighted by atomic mass is 79.9. The Morgan fingerprint density at radius 1 is 1.32 bits per heavy atom. The minimum Gasteiger partial charge on any atom is -0.323 e. The van der Waals surface area contributed by atoms with Gasteiger partial charge < -0.3 is 10.6 Å². The van der Waals surface area contributed by atoms with Crippen molar-refractivity contribution in [2.75, 3.05) is 11.1 Å². The molecule has 0 radical (unpaired) electrons. The zero-order valence-corrected chi connectivity index (χ0v) is 16.9. The summed E-state index contributed by atoms with van der Waals surface area (Å²) >= 11 is 4.45. The molecular formula is C20H15BrFN3O2S. The van der Waals surface area contributed by atoms with Crippen molar-refractivity contribution in [1.82, 2.24) is 5.32 Å². The van der Waals surface area contributed by atoms with Crippen molar-refractivity contribution in [1.29, 1.82) is 5.26 Å². The summed E-state index contributed by atoms with van der Waals surface area (Å²) in [5.74, 6) is -1.63. The molecule has 2 aromatic carbocycles. The number of thioether (sulfide) groups is 1. The first-order chi connectivity index (χ1) is 13.5. The molecular weight excluding hydrogens is 445 g/mol. The molecule has 28 heavy (non-hydrogen) atoms. The highest BCUT2D eigenvalue weighted by molar-refractivity contribution is 9.10. The van der Waals surface area contributed by atoms with Gasteiger partial charge in [0.1, 0.15) is 5.82 Å². The molecule has 0 aliphatic carbocycles. The van der Waals surface area contributed by atoms with Gasteiger partial charge in [0.15, 0.2) is 0 Å². The lowest BCUT2D eigenvalue weighted by atomic mass is 9.87. The molecule has 1 heterocycles. The van der Waals surface area contributed by atoms with Gasteiger partial charge >= 0.3 is 0 Å². The molecule has 1 aliphatic rings. The van der Waals surface area contributed by atoms with Gasteiger partial charge in [-0.3, -0.25) is 9.59 Å². The number of benzene rings is 2. The van der Waals surface area contributed by atoms with Crippen LogP contribution in [0.5, 0.6) is 0 Å². The molecule has 0 saturated heterocycles. The van der Waals surface area contributed by atoms with E-state index in [4.69, 9.17) is 0 Å². The maximum atomic E-state index is 13.6. The lowest BCUT2D eigenvalue weighted by Crippen LogP contribution is -2.31. The summed E-state index contributed by atoms with van der Waals surface area (Å²) in [5.41, 5.74) is 1.33. The molecule has 2 amide bonds. The molecule has 1 atom stereocenters. The monoisotopic (exact) mass is 459 g/mol. The van der Waals surface area contributed by atoms with Crippen LogP contribution in [0.1, 0.15) is 17.9 Å². The van der Waals surface area contributed by atoms with Crippen LogP contribution in [0.3, 0.4) is 0 Å². The fourth-order valence-corrected chi connectivity index (χ4v) is 4.12. The van der Waals surface area contributed by atoms with Crippen molar-refractivity contribution in [3.63, 3.8) is 0 Å². The highest BCUT2D eigenvalue weighted by Crippen LogP contribution is 2.36. The molecule has 0 saturated carbocycles. The Morgan fingerprint density at radius 3 is 2.82 bits per heavy atom. The Morgan fingerprint density at radius 2 is 2.11 bits per heavy atom. The van der Waals surface area contributed by atoms with E-state index >= 15 is 0 Å². The Bertz CT molecular complexity index is 1000. The van der Waals surface area contributed by atoms with Gasteiger partial charge in [0.2, 0.25) is 11.8 Å². The van der Waals surface area contributed by atoms with Crippen molar-refractivity contribution >= 4 is 45.2 Å². The number of nitriles is 1. The highest BCUT2D eigenvalue weighted by Gasteiger charge is 2.30. The SMILES string of the molecule is N#CC1=C(SCC(=O)Nc2ccccc2F)NC(=O)C[C@@H]1c1cccc(Br)c1. The third-order valence-corrected chi connectivity index (χ3v) is 5.61. The van der Waals surface area contributed by atoms with Crippen LogP contribution in [0.15, 0.2) is 63.6 Å². The molecule has 0 bridgehead atoms. The van der Waals surface area contributed by atoms with Crippen LogP contribution in [-0.4, -0.2) is 17.6 Å². The fraction of sp³-hybridized carbons (Fsp3) is 0.150. The minimum atomic E-state index is -0.529. The molecule has 0 spiro atoms. The Kier molecular flexibility index (Phi) is 6.49. The minimum absolute atomic E-state index is 0.0691. The van der Waals surface area contributed by atoms with Crippen LogP contribution in [0, 0.1) is 17.1 Å². The molecule has 0 aromatic heterocycles. The smallest absolute Gasteiger partial charge is 0.234 e. The summed E-state index contributed by atoms with van der Waals surface area (Å²) in [5, 5.41) is 15.2. The van der Waals surface area contributed by atoms with Crippen molar-refractivity contribution in [2.45, 2.75) is 12.3 Å². The second-order valence-corrected chi connectivity index (χ2v) is 7.93. The number of para-hydroxylation sites is 1. The van der Waals surface area contributed by atoms with Gasteiger partial charge in [-0.05, 0) is 29.8 Å². The number of allylic oxidation sites excluding steroid dienone is 1. The molecule has 0 unspecified atom stereocenters. The number of hydrogen-bond donors (Lipinski definition) is 2. The summed E-state index contributed by atoms with van der Waals surface area (Å²) in [6.07, 6.45) is 0.158. The normalized spacial score (nSPS) is 16.3. The van der Waals surface area contributed by atoms with Crippen LogP contribution in [0.25, 0.3) is 0 Å². The predicted molar refractivity (Wildman–Crippen MR) is 110 cm³/mol. The Labute approximate surface area is 174 Å². The zero-order valence-electron chi connectivity index (χ0n) is 14.5. The average molecular weight is 460 g/mol. The number of nitrogens with one attached hydrogen (secondary N) is 2. The maximum Gasteiger partial charge on any atom is 0.234 e. The predicted octanol–water partition coefficient (Wildman–Crippen LogP) is 4.30. The summed E-state index contributed by atoms with van der Waals surface area (Å²) in [7, 11) is 0. The lowest BCUT2D eigenvalue weighted by molar-refractivity contribution is -0.121. The van der Waals surface area contributed by atoms with E-state index in [0.29, 0.717) is 10.6 Å². The average Bonchev–Trinajstić information content (AvgIpc) is 2.67.